The van der Waals surface area contributed by atoms with Crippen molar-refractivity contribution < 1.29 is 26.3 Å². The second kappa shape index (κ2) is 17.2. The van der Waals surface area contributed by atoms with Crippen LogP contribution in [0.1, 0.15) is 60.8 Å². The number of unbranched alkanes of at least 4 members (excludes halogenated alkanes) is 1. The first-order valence-electron chi connectivity index (χ1n) is 10.5. The molecule has 2 aliphatic rings. The van der Waals surface area contributed by atoms with Gasteiger partial charge in [0.05, 0.1) is 0 Å². The molecule has 2 atom stereocenters. The number of allylic oxidation sites excluding steroid dienone is 2. The first-order valence-corrected chi connectivity index (χ1v) is 10.5. The van der Waals surface area contributed by atoms with Crippen molar-refractivity contribution in [2.24, 2.45) is 0 Å². The summed E-state index contributed by atoms with van der Waals surface area (Å²) < 4.78 is 58.0. The maximum Gasteiger partial charge on any atom is 0.379 e. The third-order valence-corrected chi connectivity index (χ3v) is 4.89. The molecule has 0 saturated heterocycles. The number of nitrogens with zero attached hydrogens (tertiary/aromatic N) is 4. The second-order valence-corrected chi connectivity index (χ2v) is 7.32. The zero-order valence-corrected chi connectivity index (χ0v) is 20.1. The number of rotatable bonds is 5. The van der Waals surface area contributed by atoms with Crippen LogP contribution in [-0.4, -0.2) is 72.7 Å². The van der Waals surface area contributed by atoms with Crippen LogP contribution in [0, 0.1) is 0 Å². The van der Waals surface area contributed by atoms with Crippen LogP contribution in [0.4, 0.5) is 26.3 Å². The van der Waals surface area contributed by atoms with E-state index < -0.39 is 13.4 Å². The maximum absolute atomic E-state index is 9.67. The lowest BCUT2D eigenvalue weighted by molar-refractivity contribution is 0.00734. The fraction of sp³-hybridized carbons (Fsp3) is 0.810. The van der Waals surface area contributed by atoms with Crippen LogP contribution in [0.15, 0.2) is 23.5 Å². The van der Waals surface area contributed by atoms with Crippen molar-refractivity contribution in [1.29, 1.82) is 0 Å². The van der Waals surface area contributed by atoms with E-state index in [2.05, 4.69) is 87.8 Å². The monoisotopic (exact) mass is 462 g/mol. The minimum atomic E-state index is -3.67. The van der Waals surface area contributed by atoms with Crippen molar-refractivity contribution in [1.82, 2.24) is 20.0 Å². The van der Waals surface area contributed by atoms with Gasteiger partial charge in [0.15, 0.2) is 0 Å². The fourth-order valence-electron chi connectivity index (χ4n) is 3.29. The van der Waals surface area contributed by atoms with Crippen LogP contribution in [-0.2, 0) is 0 Å². The molecule has 2 rings (SSSR count). The van der Waals surface area contributed by atoms with E-state index in [1.54, 1.807) is 0 Å². The van der Waals surface area contributed by atoms with Crippen LogP contribution in [0.25, 0.3) is 0 Å². The van der Waals surface area contributed by atoms with Crippen molar-refractivity contribution in [2.45, 2.75) is 86.2 Å². The van der Waals surface area contributed by atoms with E-state index in [-0.39, 0.29) is 0 Å². The van der Waals surface area contributed by atoms with Crippen LogP contribution in [0.5, 0.6) is 0 Å². The van der Waals surface area contributed by atoms with Crippen LogP contribution in [0.2, 0.25) is 0 Å². The molecule has 2 heterocycles. The third kappa shape index (κ3) is 14.3. The first-order chi connectivity index (χ1) is 14.3. The van der Waals surface area contributed by atoms with E-state index in [9.17, 15) is 26.3 Å². The van der Waals surface area contributed by atoms with Crippen LogP contribution in [0.3, 0.4) is 0 Å². The Morgan fingerprint density at radius 3 is 1.26 bits per heavy atom. The van der Waals surface area contributed by atoms with Gasteiger partial charge in [0, 0.05) is 50.7 Å². The second-order valence-electron chi connectivity index (χ2n) is 7.32. The quantitative estimate of drug-likeness (QED) is 0.435. The first kappa shape index (κ1) is 31.8. The summed E-state index contributed by atoms with van der Waals surface area (Å²) in [6.45, 7) is 8.28. The Hall–Kier alpha value is -1.42. The van der Waals surface area contributed by atoms with E-state index in [4.69, 9.17) is 0 Å². The van der Waals surface area contributed by atoms with Gasteiger partial charge >= 0.3 is 13.4 Å². The largest absolute Gasteiger partial charge is 0.379 e. The predicted molar refractivity (Wildman–Crippen MR) is 115 cm³/mol. The van der Waals surface area contributed by atoms with Crippen molar-refractivity contribution in [3.63, 3.8) is 0 Å². The Bertz CT molecular complexity index is 505. The molecule has 10 heteroatoms. The lowest BCUT2D eigenvalue weighted by Gasteiger charge is -2.30. The minimum Gasteiger partial charge on any atom is -0.313 e. The summed E-state index contributed by atoms with van der Waals surface area (Å²) in [4.78, 5) is 0. The summed E-state index contributed by atoms with van der Waals surface area (Å²) in [6.07, 6.45) is 8.40. The van der Waals surface area contributed by atoms with Crippen molar-refractivity contribution in [2.75, 3.05) is 27.2 Å². The van der Waals surface area contributed by atoms with Gasteiger partial charge < -0.3 is 10.0 Å². The lowest BCUT2D eigenvalue weighted by atomic mass is 10.3. The van der Waals surface area contributed by atoms with E-state index in [0.29, 0.717) is 12.1 Å². The SMILES string of the molecule is CCCCN1C(C)C=C(C)N1C.CCCN1C(C)C=C(C)N1C.FC(F)F.FC(F)F. The maximum atomic E-state index is 9.67. The summed E-state index contributed by atoms with van der Waals surface area (Å²) in [5, 5.41) is 9.31. The summed E-state index contributed by atoms with van der Waals surface area (Å²) >= 11 is 0. The van der Waals surface area contributed by atoms with Crippen LogP contribution < -0.4 is 0 Å². The van der Waals surface area contributed by atoms with Gasteiger partial charge in [0.25, 0.3) is 0 Å². The molecule has 0 fully saturated rings. The third-order valence-electron chi connectivity index (χ3n) is 4.89. The summed E-state index contributed by atoms with van der Waals surface area (Å²) in [7, 11) is 4.27. The zero-order chi connectivity index (χ0) is 24.7. The molecule has 2 aliphatic heterocycles. The van der Waals surface area contributed by atoms with Gasteiger partial charge in [0.1, 0.15) is 0 Å². The molecule has 0 amide bonds. The van der Waals surface area contributed by atoms with Crippen LogP contribution >= 0.6 is 0 Å². The molecule has 0 aromatic carbocycles. The van der Waals surface area contributed by atoms with E-state index in [0.717, 1.165) is 6.54 Å². The molecule has 0 spiro atoms. The highest BCUT2D eigenvalue weighted by Gasteiger charge is 2.23. The van der Waals surface area contributed by atoms with E-state index in [1.165, 1.54) is 37.2 Å². The highest BCUT2D eigenvalue weighted by molar-refractivity contribution is 5.08. The summed E-state index contributed by atoms with van der Waals surface area (Å²) in [5.74, 6) is 0. The van der Waals surface area contributed by atoms with Gasteiger partial charge in [-0.15, -0.1) is 0 Å². The van der Waals surface area contributed by atoms with Gasteiger partial charge in [0.2, 0.25) is 0 Å². The zero-order valence-electron chi connectivity index (χ0n) is 20.1. The standard InChI is InChI=1S/C10H20N2.C9H18N2.2CHF3/c1-5-6-7-12-10(3)8-9(2)11(12)4;1-5-6-11-9(3)7-8(2)10(11)4;2*2-1(3)4/h8,10H,5-7H2,1-4H3;7,9H,5-6H2,1-4H3;2*1H. The van der Waals surface area contributed by atoms with Gasteiger partial charge in [-0.25, -0.2) is 10.0 Å². The van der Waals surface area contributed by atoms with Crippen molar-refractivity contribution in [3.05, 3.63) is 23.5 Å². The fourth-order valence-corrected chi connectivity index (χ4v) is 3.29. The van der Waals surface area contributed by atoms with Gasteiger partial charge in [-0.05, 0) is 52.7 Å². The molecule has 0 aromatic heterocycles. The highest BCUT2D eigenvalue weighted by atomic mass is 19.4. The molecule has 0 aromatic rings. The molecular formula is C21H40F6N4. The number of hydrogen-bond acceptors (Lipinski definition) is 4. The molecule has 2 unspecified atom stereocenters. The van der Waals surface area contributed by atoms with Crippen molar-refractivity contribution in [3.8, 4) is 0 Å². The molecular weight excluding hydrogens is 422 g/mol. The molecule has 0 saturated carbocycles. The summed E-state index contributed by atoms with van der Waals surface area (Å²) in [5.41, 5.74) is 2.74. The predicted octanol–water partition coefficient (Wildman–Crippen LogP) is 6.45. The van der Waals surface area contributed by atoms with Crippen molar-refractivity contribution >= 4 is 0 Å². The normalized spacial score (nSPS) is 21.2. The molecule has 0 bridgehead atoms. The van der Waals surface area contributed by atoms with Gasteiger partial charge in [-0.3, -0.25) is 0 Å². The minimum absolute atomic E-state index is 0.583. The van der Waals surface area contributed by atoms with E-state index in [1.807, 2.05) is 0 Å². The topological polar surface area (TPSA) is 13.0 Å². The Kier molecular flexibility index (Phi) is 17.6. The Labute approximate surface area is 184 Å². The molecule has 31 heavy (non-hydrogen) atoms. The molecule has 0 aliphatic carbocycles. The number of alkyl halides is 6. The summed E-state index contributed by atoms with van der Waals surface area (Å²) in [6, 6.07) is 1.17. The molecule has 0 N–H and O–H groups in total. The lowest BCUT2D eigenvalue weighted by Crippen LogP contribution is -2.39. The van der Waals surface area contributed by atoms with E-state index >= 15 is 0 Å². The smallest absolute Gasteiger partial charge is 0.313 e. The molecule has 186 valence electrons. The molecule has 0 radical (unpaired) electrons. The number of hydrogen-bond donors (Lipinski definition) is 0. The average Bonchev–Trinajstić information content (AvgIpc) is 3.02. The molecule has 4 nitrogen and oxygen atoms in total. The number of halogens is 6. The van der Waals surface area contributed by atoms with Gasteiger partial charge in [-0.2, -0.15) is 26.3 Å². The highest BCUT2D eigenvalue weighted by Crippen LogP contribution is 2.20. The average molecular weight is 463 g/mol. The Morgan fingerprint density at radius 1 is 0.710 bits per heavy atom. The van der Waals surface area contributed by atoms with Gasteiger partial charge in [-0.1, -0.05) is 20.3 Å². The number of hydrazine groups is 2. The Morgan fingerprint density at radius 2 is 1.03 bits per heavy atom. The Balaban J connectivity index is 0.